The van der Waals surface area contributed by atoms with Gasteiger partial charge in [0.25, 0.3) is 5.91 Å². The number of rotatable bonds is 8. The summed E-state index contributed by atoms with van der Waals surface area (Å²) in [6.45, 7) is -0.480. The van der Waals surface area contributed by atoms with Crippen molar-refractivity contribution in [1.82, 2.24) is 15.0 Å². The van der Waals surface area contributed by atoms with Gasteiger partial charge in [0.05, 0.1) is 41.9 Å². The van der Waals surface area contributed by atoms with Crippen LogP contribution in [0.5, 0.6) is 5.75 Å². The maximum absolute atomic E-state index is 12.8. The van der Waals surface area contributed by atoms with E-state index in [9.17, 15) is 9.59 Å². The number of furan rings is 2. The Morgan fingerprint density at radius 2 is 1.62 bits per heavy atom. The van der Waals surface area contributed by atoms with Gasteiger partial charge in [0.15, 0.2) is 23.3 Å². The second-order valence-electron chi connectivity index (χ2n) is 8.47. The minimum atomic E-state index is -0.676. The third kappa shape index (κ3) is 5.18. The van der Waals surface area contributed by atoms with Gasteiger partial charge in [-0.25, -0.2) is 19.7 Å². The van der Waals surface area contributed by atoms with Crippen LogP contribution < -0.4 is 10.1 Å². The zero-order valence-electron chi connectivity index (χ0n) is 21.0. The summed E-state index contributed by atoms with van der Waals surface area (Å²) in [4.78, 5) is 39.0. The van der Waals surface area contributed by atoms with E-state index < -0.39 is 18.5 Å². The lowest BCUT2D eigenvalue weighted by Gasteiger charge is -2.08. The Morgan fingerprint density at radius 1 is 0.875 bits per heavy atom. The number of carbonyl (C=O) groups excluding carboxylic acids is 2. The van der Waals surface area contributed by atoms with Gasteiger partial charge >= 0.3 is 5.97 Å². The maximum atomic E-state index is 12.8. The van der Waals surface area contributed by atoms with Crippen molar-refractivity contribution in [2.75, 3.05) is 19.0 Å². The van der Waals surface area contributed by atoms with Crippen LogP contribution in [0.15, 0.2) is 93.5 Å². The first-order chi connectivity index (χ1) is 19.6. The number of methoxy groups -OCH3 is 1. The lowest BCUT2D eigenvalue weighted by atomic mass is 10.1. The Kier molecular flexibility index (Phi) is 6.77. The van der Waals surface area contributed by atoms with Crippen molar-refractivity contribution in [3.8, 4) is 39.9 Å². The fourth-order valence-corrected chi connectivity index (χ4v) is 4.70. The van der Waals surface area contributed by atoms with Gasteiger partial charge in [-0.05, 0) is 54.6 Å². The van der Waals surface area contributed by atoms with Crippen molar-refractivity contribution in [3.63, 3.8) is 0 Å². The second-order valence-corrected chi connectivity index (χ2v) is 9.33. The van der Waals surface area contributed by atoms with Crippen molar-refractivity contribution in [2.24, 2.45) is 0 Å². The van der Waals surface area contributed by atoms with E-state index in [2.05, 4.69) is 20.3 Å². The summed E-state index contributed by atoms with van der Waals surface area (Å²) in [5.41, 5.74) is 3.75. The van der Waals surface area contributed by atoms with E-state index in [4.69, 9.17) is 18.3 Å². The highest BCUT2D eigenvalue weighted by Gasteiger charge is 2.19. The van der Waals surface area contributed by atoms with Crippen LogP contribution in [-0.2, 0) is 9.53 Å². The molecule has 0 aliphatic rings. The van der Waals surface area contributed by atoms with Crippen LogP contribution in [0.4, 0.5) is 5.13 Å². The van der Waals surface area contributed by atoms with E-state index in [-0.39, 0.29) is 5.56 Å². The van der Waals surface area contributed by atoms with Crippen LogP contribution in [0.1, 0.15) is 10.4 Å². The highest BCUT2D eigenvalue weighted by molar-refractivity contribution is 7.14. The summed E-state index contributed by atoms with van der Waals surface area (Å²) in [6.07, 6.45) is 3.09. The average molecular weight is 553 g/mol. The van der Waals surface area contributed by atoms with E-state index in [1.54, 1.807) is 55.8 Å². The Hall–Kier alpha value is -5.29. The number of ether oxygens (including phenoxy) is 2. The van der Waals surface area contributed by atoms with Gasteiger partial charge in [-0.1, -0.05) is 12.1 Å². The van der Waals surface area contributed by atoms with Crippen LogP contribution in [0.3, 0.4) is 0 Å². The zero-order chi connectivity index (χ0) is 27.5. The minimum absolute atomic E-state index is 0.223. The maximum Gasteiger partial charge on any atom is 0.338 e. The number of esters is 1. The van der Waals surface area contributed by atoms with Crippen LogP contribution in [0.25, 0.3) is 45.2 Å². The number of nitrogens with zero attached hydrogens (tertiary/aromatic N) is 3. The van der Waals surface area contributed by atoms with Crippen LogP contribution >= 0.6 is 11.3 Å². The molecular weight excluding hydrogens is 532 g/mol. The van der Waals surface area contributed by atoms with E-state index in [0.717, 1.165) is 5.56 Å². The van der Waals surface area contributed by atoms with Crippen molar-refractivity contribution in [3.05, 3.63) is 90.2 Å². The molecule has 0 saturated heterocycles. The predicted molar refractivity (Wildman–Crippen MR) is 148 cm³/mol. The fourth-order valence-electron chi connectivity index (χ4n) is 3.97. The third-order valence-corrected chi connectivity index (χ3v) is 6.62. The Labute approximate surface area is 231 Å². The highest BCUT2D eigenvalue weighted by Crippen LogP contribution is 2.32. The Balaban J connectivity index is 1.15. The second kappa shape index (κ2) is 10.8. The molecule has 0 unspecified atom stereocenters. The summed E-state index contributed by atoms with van der Waals surface area (Å²) in [5.74, 6) is 0.555. The molecule has 0 radical (unpaired) electrons. The van der Waals surface area contributed by atoms with Gasteiger partial charge in [0.1, 0.15) is 17.1 Å². The van der Waals surface area contributed by atoms with Crippen LogP contribution in [0.2, 0.25) is 0 Å². The largest absolute Gasteiger partial charge is 0.497 e. The third-order valence-electron chi connectivity index (χ3n) is 5.86. The molecule has 0 bridgehead atoms. The lowest BCUT2D eigenvalue weighted by Crippen LogP contribution is -2.20. The minimum Gasteiger partial charge on any atom is -0.497 e. The van der Waals surface area contributed by atoms with Gasteiger partial charge < -0.3 is 18.3 Å². The number of carbonyl (C=O) groups is 2. The van der Waals surface area contributed by atoms with Gasteiger partial charge in [-0.3, -0.25) is 10.1 Å². The monoisotopic (exact) mass is 552 g/mol. The number of hydrogen-bond acceptors (Lipinski definition) is 10. The molecule has 0 atom stereocenters. The summed E-state index contributed by atoms with van der Waals surface area (Å²) in [6, 6.07) is 19.3. The number of aromatic nitrogens is 3. The zero-order valence-corrected chi connectivity index (χ0v) is 21.8. The predicted octanol–water partition coefficient (Wildman–Crippen LogP) is 6.08. The summed E-state index contributed by atoms with van der Waals surface area (Å²) in [5, 5.41) is 4.87. The van der Waals surface area contributed by atoms with Crippen molar-refractivity contribution in [1.29, 1.82) is 0 Å². The molecule has 0 saturated carbocycles. The molecule has 0 aliphatic carbocycles. The number of thiazole rings is 1. The average Bonchev–Trinajstić information content (AvgIpc) is 3.78. The molecular formula is C29H20N4O6S. The van der Waals surface area contributed by atoms with Gasteiger partial charge in [-0.2, -0.15) is 0 Å². The summed E-state index contributed by atoms with van der Waals surface area (Å²) in [7, 11) is 1.59. The first-order valence-electron chi connectivity index (χ1n) is 12.0. The van der Waals surface area contributed by atoms with E-state index in [1.165, 1.54) is 17.6 Å². The van der Waals surface area contributed by atoms with E-state index >= 15 is 0 Å². The molecule has 0 aliphatic heterocycles. The molecule has 4 aromatic heterocycles. The molecule has 0 spiro atoms. The fraction of sp³-hybridized carbons (Fsp3) is 0.0690. The van der Waals surface area contributed by atoms with Crippen LogP contribution in [-0.4, -0.2) is 40.5 Å². The van der Waals surface area contributed by atoms with Crippen molar-refractivity contribution in [2.45, 2.75) is 0 Å². The van der Waals surface area contributed by atoms with Gasteiger partial charge in [0, 0.05) is 10.9 Å². The van der Waals surface area contributed by atoms with E-state index in [0.29, 0.717) is 50.5 Å². The molecule has 1 N–H and O–H groups in total. The molecule has 4 heterocycles. The Bertz CT molecular complexity index is 1810. The topological polar surface area (TPSA) is 130 Å². The molecule has 6 rings (SSSR count). The number of anilines is 1. The summed E-state index contributed by atoms with van der Waals surface area (Å²) < 4.78 is 21.6. The quantitative estimate of drug-likeness (QED) is 0.223. The lowest BCUT2D eigenvalue weighted by molar-refractivity contribution is -0.119. The first-order valence-corrected chi connectivity index (χ1v) is 12.9. The molecule has 6 aromatic rings. The number of nitrogens with one attached hydrogen (secondary N) is 1. The van der Waals surface area contributed by atoms with Crippen LogP contribution in [0, 0.1) is 0 Å². The van der Waals surface area contributed by atoms with Crippen molar-refractivity contribution >= 4 is 39.4 Å². The molecule has 1 amide bonds. The van der Waals surface area contributed by atoms with Crippen molar-refractivity contribution < 1.29 is 27.9 Å². The molecule has 10 nitrogen and oxygen atoms in total. The van der Waals surface area contributed by atoms with Gasteiger partial charge in [-0.15, -0.1) is 11.3 Å². The highest BCUT2D eigenvalue weighted by atomic mass is 32.1. The number of hydrogen-bond donors (Lipinski definition) is 1. The number of fused-ring (bicyclic) bond motifs is 1. The number of benzene rings is 2. The van der Waals surface area contributed by atoms with E-state index in [1.807, 2.05) is 29.6 Å². The molecule has 2 aromatic carbocycles. The number of amides is 1. The van der Waals surface area contributed by atoms with Gasteiger partial charge in [0.2, 0.25) is 0 Å². The Morgan fingerprint density at radius 3 is 2.33 bits per heavy atom. The molecule has 198 valence electrons. The standard InChI is InChI=1S/C29H20N4O6S/c1-36-19-6-2-5-17(13-19)22-16-40-29(32-22)33-25(34)15-39-28(35)18-9-10-20-21(14-18)31-27(24-8-4-12-38-24)26(30-20)23-7-3-11-37-23/h2-14,16H,15H2,1H3,(H,32,33,34). The smallest absolute Gasteiger partial charge is 0.338 e. The normalized spacial score (nSPS) is 10.9. The molecule has 40 heavy (non-hydrogen) atoms. The molecule has 11 heteroatoms. The molecule has 0 fully saturated rings. The first kappa shape index (κ1) is 25.0. The summed E-state index contributed by atoms with van der Waals surface area (Å²) >= 11 is 1.26. The SMILES string of the molecule is COc1cccc(-c2csc(NC(=O)COC(=O)c3ccc4nc(-c5ccco5)c(-c5ccco5)nc4c3)n2)c1.